The maximum atomic E-state index is 13.0. The lowest BCUT2D eigenvalue weighted by Gasteiger charge is -2.24. The van der Waals surface area contributed by atoms with Gasteiger partial charge in [0.15, 0.2) is 4.34 Å². The van der Waals surface area contributed by atoms with E-state index in [9.17, 15) is 9.59 Å². The summed E-state index contributed by atoms with van der Waals surface area (Å²) in [5.74, 6) is 0.154. The largest absolute Gasteiger partial charge is 0.330 e. The molecule has 2 amide bonds. The predicted octanol–water partition coefficient (Wildman–Crippen LogP) is 3.96. The van der Waals surface area contributed by atoms with Crippen molar-refractivity contribution in [1.29, 1.82) is 0 Å². The molecule has 0 radical (unpaired) electrons. The summed E-state index contributed by atoms with van der Waals surface area (Å²) in [7, 11) is 0. The molecule has 6 nitrogen and oxygen atoms in total. The second-order valence-corrected chi connectivity index (χ2v) is 8.97. The highest BCUT2D eigenvalue weighted by molar-refractivity contribution is 8.01. The van der Waals surface area contributed by atoms with Crippen LogP contribution in [0.2, 0.25) is 0 Å². The lowest BCUT2D eigenvalue weighted by Crippen LogP contribution is -2.44. The van der Waals surface area contributed by atoms with Crippen molar-refractivity contribution in [2.24, 2.45) is 0 Å². The van der Waals surface area contributed by atoms with Crippen molar-refractivity contribution in [3.8, 4) is 5.69 Å². The number of benzene rings is 1. The number of nitrogens with one attached hydrogen (secondary N) is 1. The molecular weight excluding hydrogens is 404 g/mol. The zero-order chi connectivity index (χ0) is 20.2. The third-order valence-corrected chi connectivity index (χ3v) is 6.96. The molecule has 4 rings (SSSR count). The van der Waals surface area contributed by atoms with Crippen molar-refractivity contribution in [2.45, 2.75) is 30.1 Å². The van der Waals surface area contributed by atoms with Crippen LogP contribution < -0.4 is 5.32 Å². The van der Waals surface area contributed by atoms with Crippen LogP contribution in [0.5, 0.6) is 0 Å². The quantitative estimate of drug-likeness (QED) is 0.606. The molecule has 0 unspecified atom stereocenters. The minimum Gasteiger partial charge on any atom is -0.330 e. The van der Waals surface area contributed by atoms with Gasteiger partial charge in [-0.2, -0.15) is 0 Å². The Morgan fingerprint density at radius 2 is 2.03 bits per heavy atom. The number of hydrogen-bond acceptors (Lipinski definition) is 5. The summed E-state index contributed by atoms with van der Waals surface area (Å²) in [6.45, 7) is 2.56. The van der Waals surface area contributed by atoms with Gasteiger partial charge in [-0.05, 0) is 44.0 Å². The van der Waals surface area contributed by atoms with Crippen molar-refractivity contribution in [3.63, 3.8) is 0 Å². The van der Waals surface area contributed by atoms with E-state index in [2.05, 4.69) is 10.3 Å². The van der Waals surface area contributed by atoms with Gasteiger partial charge in [0.25, 0.3) is 0 Å². The number of carbonyl (C=O) groups excluding carboxylic acids is 2. The van der Waals surface area contributed by atoms with Crippen LogP contribution in [0.25, 0.3) is 5.69 Å². The zero-order valence-electron chi connectivity index (χ0n) is 16.1. The molecule has 8 heteroatoms. The molecule has 29 heavy (non-hydrogen) atoms. The molecule has 3 aromatic rings. The Bertz CT molecular complexity index is 1000. The first-order valence-corrected chi connectivity index (χ1v) is 11.4. The predicted molar refractivity (Wildman–Crippen MR) is 117 cm³/mol. The van der Waals surface area contributed by atoms with Crippen molar-refractivity contribution in [2.75, 3.05) is 17.6 Å². The monoisotopic (exact) mass is 426 g/mol. The van der Waals surface area contributed by atoms with Crippen molar-refractivity contribution < 1.29 is 9.59 Å². The normalized spacial score (nSPS) is 16.2. The summed E-state index contributed by atoms with van der Waals surface area (Å²) in [5, 5.41) is 5.01. The first kappa shape index (κ1) is 19.7. The molecule has 0 saturated carbocycles. The standard InChI is InChI=1S/C21H22N4O2S2/c1-15-13-28-21(22-15)29-14-19(26)25-12-6-9-18(25)20(27)23-16-7-2-3-8-17(16)24-10-4-5-11-24/h2-5,7-8,10-11,13,18H,6,9,12,14H2,1H3,(H,23,27)/t18-/m0/s1. The van der Waals surface area contributed by atoms with Gasteiger partial charge in [-0.1, -0.05) is 23.9 Å². The van der Waals surface area contributed by atoms with Crippen LogP contribution >= 0.6 is 23.1 Å². The fourth-order valence-corrected chi connectivity index (χ4v) is 5.19. The number of thiazole rings is 1. The maximum Gasteiger partial charge on any atom is 0.247 e. The molecule has 0 aliphatic carbocycles. The average Bonchev–Trinajstić information content (AvgIpc) is 3.48. The van der Waals surface area contributed by atoms with Gasteiger partial charge in [0.2, 0.25) is 11.8 Å². The SMILES string of the molecule is Cc1csc(SCC(=O)N2CCC[C@H]2C(=O)Nc2ccccc2-n2cccc2)n1. The Morgan fingerprint density at radius 1 is 1.24 bits per heavy atom. The van der Waals surface area contributed by atoms with E-state index in [4.69, 9.17) is 0 Å². The van der Waals surface area contributed by atoms with Crippen molar-refractivity contribution in [1.82, 2.24) is 14.5 Å². The second-order valence-electron chi connectivity index (χ2n) is 6.89. The first-order valence-electron chi connectivity index (χ1n) is 9.49. The Kier molecular flexibility index (Phi) is 6.01. The number of nitrogens with zero attached hydrogens (tertiary/aromatic N) is 3. The molecule has 1 aromatic carbocycles. The Balaban J connectivity index is 1.42. The fraction of sp³-hybridized carbons (Fsp3) is 0.286. The molecule has 1 atom stereocenters. The van der Waals surface area contributed by atoms with Crippen LogP contribution in [-0.4, -0.2) is 44.6 Å². The van der Waals surface area contributed by atoms with Crippen LogP contribution in [0.1, 0.15) is 18.5 Å². The fourth-order valence-electron chi connectivity index (χ4n) is 3.46. The van der Waals surface area contributed by atoms with E-state index in [0.717, 1.165) is 27.8 Å². The number of rotatable bonds is 6. The van der Waals surface area contributed by atoms with Crippen LogP contribution in [0.3, 0.4) is 0 Å². The molecule has 1 saturated heterocycles. The summed E-state index contributed by atoms with van der Waals surface area (Å²) in [6.07, 6.45) is 5.40. The summed E-state index contributed by atoms with van der Waals surface area (Å²) in [5.41, 5.74) is 2.60. The summed E-state index contributed by atoms with van der Waals surface area (Å²) < 4.78 is 2.84. The van der Waals surface area contributed by atoms with E-state index in [0.29, 0.717) is 18.7 Å². The molecule has 1 N–H and O–H groups in total. The number of aryl methyl sites for hydroxylation is 1. The molecule has 1 fully saturated rings. The van der Waals surface area contributed by atoms with Crippen LogP contribution in [0.4, 0.5) is 5.69 Å². The molecule has 2 aromatic heterocycles. The molecule has 0 spiro atoms. The lowest BCUT2D eigenvalue weighted by atomic mass is 10.2. The molecule has 0 bridgehead atoms. The van der Waals surface area contributed by atoms with Crippen LogP contribution in [0, 0.1) is 6.92 Å². The first-order chi connectivity index (χ1) is 14.1. The number of thioether (sulfide) groups is 1. The number of para-hydroxylation sites is 2. The van der Waals surface area contributed by atoms with Crippen LogP contribution in [0.15, 0.2) is 58.5 Å². The molecule has 3 heterocycles. The third kappa shape index (κ3) is 4.54. The van der Waals surface area contributed by atoms with Gasteiger partial charge in [-0.3, -0.25) is 9.59 Å². The Labute approximate surface area is 177 Å². The maximum absolute atomic E-state index is 13.0. The minimum absolute atomic E-state index is 0.0146. The van der Waals surface area contributed by atoms with Gasteiger partial charge in [-0.25, -0.2) is 4.98 Å². The molecule has 1 aliphatic heterocycles. The van der Waals surface area contributed by atoms with Crippen LogP contribution in [-0.2, 0) is 9.59 Å². The molecule has 1 aliphatic rings. The van der Waals surface area contributed by atoms with Gasteiger partial charge in [0, 0.05) is 30.0 Å². The Hall–Kier alpha value is -2.58. The summed E-state index contributed by atoms with van der Waals surface area (Å²) in [4.78, 5) is 31.8. The highest BCUT2D eigenvalue weighted by Gasteiger charge is 2.34. The summed E-state index contributed by atoms with van der Waals surface area (Å²) >= 11 is 2.98. The zero-order valence-corrected chi connectivity index (χ0v) is 17.7. The van der Waals surface area contributed by atoms with Gasteiger partial charge < -0.3 is 14.8 Å². The van der Waals surface area contributed by atoms with E-state index in [1.54, 1.807) is 16.2 Å². The van der Waals surface area contributed by atoms with Gasteiger partial charge in [0.1, 0.15) is 6.04 Å². The van der Waals surface area contributed by atoms with Gasteiger partial charge >= 0.3 is 0 Å². The summed E-state index contributed by atoms with van der Waals surface area (Å²) in [6, 6.07) is 11.1. The van der Waals surface area contributed by atoms with Gasteiger partial charge in [-0.15, -0.1) is 11.3 Å². The smallest absolute Gasteiger partial charge is 0.247 e. The number of hydrogen-bond donors (Lipinski definition) is 1. The molecular formula is C21H22N4O2S2. The van der Waals surface area contributed by atoms with E-state index in [-0.39, 0.29) is 11.8 Å². The average molecular weight is 427 g/mol. The third-order valence-electron chi connectivity index (χ3n) is 4.84. The van der Waals surface area contributed by atoms with E-state index in [1.807, 2.05) is 65.7 Å². The highest BCUT2D eigenvalue weighted by atomic mass is 32.2. The minimum atomic E-state index is -0.432. The van der Waals surface area contributed by atoms with E-state index in [1.165, 1.54) is 11.8 Å². The number of likely N-dealkylation sites (tertiary alicyclic amines) is 1. The van der Waals surface area contributed by atoms with Crippen molar-refractivity contribution in [3.05, 3.63) is 59.9 Å². The Morgan fingerprint density at radius 3 is 2.79 bits per heavy atom. The van der Waals surface area contributed by atoms with E-state index < -0.39 is 6.04 Å². The second kappa shape index (κ2) is 8.84. The number of anilines is 1. The van der Waals surface area contributed by atoms with Gasteiger partial charge in [0.05, 0.1) is 17.1 Å². The number of carbonyl (C=O) groups is 2. The highest BCUT2D eigenvalue weighted by Crippen LogP contribution is 2.26. The van der Waals surface area contributed by atoms with E-state index >= 15 is 0 Å². The number of amides is 2. The number of aromatic nitrogens is 2. The lowest BCUT2D eigenvalue weighted by molar-refractivity contribution is -0.134. The topological polar surface area (TPSA) is 67.2 Å². The van der Waals surface area contributed by atoms with Crippen molar-refractivity contribution >= 4 is 40.6 Å². The molecule has 150 valence electrons.